The van der Waals surface area contributed by atoms with Gasteiger partial charge in [0.1, 0.15) is 5.60 Å². The summed E-state index contributed by atoms with van der Waals surface area (Å²) >= 11 is 0. The molecule has 2 aromatic rings. The highest BCUT2D eigenvalue weighted by atomic mass is 16.6. The SMILES string of the molecule is Cc1ccc(-c2[nH]ncc2N2CCN(C(=O)OC(C)(C)C)CC2)cc1. The molecule has 0 saturated carbocycles. The zero-order valence-electron chi connectivity index (χ0n) is 15.4. The third-order valence-electron chi connectivity index (χ3n) is 4.23. The van der Waals surface area contributed by atoms with E-state index < -0.39 is 5.60 Å². The standard InChI is InChI=1S/C19H26N4O2/c1-14-5-7-15(8-6-14)17-16(13-20-21-17)22-9-11-23(12-10-22)18(24)25-19(2,3)4/h5-8,13H,9-12H2,1-4H3,(H,20,21). The number of H-pyrrole nitrogens is 1. The summed E-state index contributed by atoms with van der Waals surface area (Å²) in [7, 11) is 0. The normalized spacial score (nSPS) is 15.4. The van der Waals surface area contributed by atoms with Crippen LogP contribution in [-0.2, 0) is 4.74 Å². The molecule has 6 nitrogen and oxygen atoms in total. The van der Waals surface area contributed by atoms with Crippen LogP contribution in [0.2, 0.25) is 0 Å². The highest BCUT2D eigenvalue weighted by Crippen LogP contribution is 2.29. The van der Waals surface area contributed by atoms with Gasteiger partial charge in [0.15, 0.2) is 0 Å². The maximum atomic E-state index is 12.2. The smallest absolute Gasteiger partial charge is 0.410 e. The van der Waals surface area contributed by atoms with E-state index in [1.54, 1.807) is 4.90 Å². The third-order valence-corrected chi connectivity index (χ3v) is 4.23. The molecule has 1 aliphatic rings. The van der Waals surface area contributed by atoms with Crippen molar-refractivity contribution in [2.24, 2.45) is 0 Å². The molecule has 0 radical (unpaired) electrons. The lowest BCUT2D eigenvalue weighted by molar-refractivity contribution is 0.0240. The Morgan fingerprint density at radius 3 is 2.36 bits per heavy atom. The van der Waals surface area contributed by atoms with Crippen molar-refractivity contribution < 1.29 is 9.53 Å². The molecule has 1 N–H and O–H groups in total. The van der Waals surface area contributed by atoms with E-state index in [-0.39, 0.29) is 6.09 Å². The molecule has 25 heavy (non-hydrogen) atoms. The number of nitrogens with one attached hydrogen (secondary N) is 1. The molecule has 1 amide bonds. The lowest BCUT2D eigenvalue weighted by atomic mass is 10.1. The van der Waals surface area contributed by atoms with Crippen molar-refractivity contribution in [2.45, 2.75) is 33.3 Å². The van der Waals surface area contributed by atoms with E-state index in [2.05, 4.69) is 46.3 Å². The largest absolute Gasteiger partial charge is 0.444 e. The molecule has 0 aliphatic carbocycles. The fourth-order valence-corrected chi connectivity index (χ4v) is 2.91. The molecule has 0 bridgehead atoms. The summed E-state index contributed by atoms with van der Waals surface area (Å²) < 4.78 is 5.46. The zero-order valence-corrected chi connectivity index (χ0v) is 15.4. The molecule has 1 fully saturated rings. The monoisotopic (exact) mass is 342 g/mol. The highest BCUT2D eigenvalue weighted by Gasteiger charge is 2.27. The number of benzene rings is 1. The molecule has 1 aromatic carbocycles. The van der Waals surface area contributed by atoms with Crippen molar-refractivity contribution in [1.82, 2.24) is 15.1 Å². The number of aryl methyl sites for hydroxylation is 1. The number of amides is 1. The predicted molar refractivity (Wildman–Crippen MR) is 98.8 cm³/mol. The van der Waals surface area contributed by atoms with Gasteiger partial charge in [0.25, 0.3) is 0 Å². The molecule has 1 aromatic heterocycles. The van der Waals surface area contributed by atoms with Crippen LogP contribution in [0.5, 0.6) is 0 Å². The Morgan fingerprint density at radius 2 is 1.76 bits per heavy atom. The minimum atomic E-state index is -0.461. The van der Waals surface area contributed by atoms with Crippen molar-refractivity contribution in [1.29, 1.82) is 0 Å². The number of ether oxygens (including phenoxy) is 1. The zero-order chi connectivity index (χ0) is 18.0. The molecular formula is C19H26N4O2. The average molecular weight is 342 g/mol. The summed E-state index contributed by atoms with van der Waals surface area (Å²) in [4.78, 5) is 16.2. The Kier molecular flexibility index (Phi) is 4.70. The van der Waals surface area contributed by atoms with Gasteiger partial charge in [0.2, 0.25) is 0 Å². The van der Waals surface area contributed by atoms with Crippen LogP contribution in [0.15, 0.2) is 30.5 Å². The topological polar surface area (TPSA) is 61.5 Å². The summed E-state index contributed by atoms with van der Waals surface area (Å²) in [5, 5.41) is 7.33. The highest BCUT2D eigenvalue weighted by molar-refractivity contribution is 5.75. The Hall–Kier alpha value is -2.50. The lowest BCUT2D eigenvalue weighted by Gasteiger charge is -2.36. The first kappa shape index (κ1) is 17.3. The van der Waals surface area contributed by atoms with E-state index in [0.29, 0.717) is 13.1 Å². The summed E-state index contributed by atoms with van der Waals surface area (Å²) in [5.41, 5.74) is 3.99. The Morgan fingerprint density at radius 1 is 1.12 bits per heavy atom. The number of hydrogen-bond donors (Lipinski definition) is 1. The van der Waals surface area contributed by atoms with E-state index in [0.717, 1.165) is 30.0 Å². The van der Waals surface area contributed by atoms with Crippen LogP contribution in [0.3, 0.4) is 0 Å². The van der Waals surface area contributed by atoms with Gasteiger partial charge in [-0.3, -0.25) is 5.10 Å². The molecule has 0 atom stereocenters. The van der Waals surface area contributed by atoms with Crippen LogP contribution in [0.25, 0.3) is 11.3 Å². The number of hydrogen-bond acceptors (Lipinski definition) is 4. The summed E-state index contributed by atoms with van der Waals surface area (Å²) in [6.07, 6.45) is 1.62. The Bertz CT molecular complexity index is 723. The third kappa shape index (κ3) is 4.13. The first-order valence-corrected chi connectivity index (χ1v) is 8.67. The number of aromatic nitrogens is 2. The number of piperazine rings is 1. The summed E-state index contributed by atoms with van der Waals surface area (Å²) in [5.74, 6) is 0. The second-order valence-electron chi connectivity index (χ2n) is 7.45. The minimum Gasteiger partial charge on any atom is -0.444 e. The molecule has 1 aliphatic heterocycles. The fourth-order valence-electron chi connectivity index (χ4n) is 2.91. The van der Waals surface area contributed by atoms with E-state index in [9.17, 15) is 4.79 Å². The van der Waals surface area contributed by atoms with Gasteiger partial charge >= 0.3 is 6.09 Å². The van der Waals surface area contributed by atoms with Gasteiger partial charge in [-0.25, -0.2) is 4.79 Å². The van der Waals surface area contributed by atoms with Crippen molar-refractivity contribution in [3.8, 4) is 11.3 Å². The van der Waals surface area contributed by atoms with Crippen LogP contribution in [0, 0.1) is 6.92 Å². The Balaban J connectivity index is 1.67. The second-order valence-corrected chi connectivity index (χ2v) is 7.45. The number of carbonyl (C=O) groups is 1. The molecule has 3 rings (SSSR count). The average Bonchev–Trinajstić information content (AvgIpc) is 3.04. The first-order valence-electron chi connectivity index (χ1n) is 8.67. The molecule has 6 heteroatoms. The number of aromatic amines is 1. The van der Waals surface area contributed by atoms with E-state index in [1.807, 2.05) is 27.0 Å². The van der Waals surface area contributed by atoms with Gasteiger partial charge < -0.3 is 14.5 Å². The molecule has 1 saturated heterocycles. The van der Waals surface area contributed by atoms with E-state index in [1.165, 1.54) is 5.56 Å². The van der Waals surface area contributed by atoms with Gasteiger partial charge in [0, 0.05) is 31.7 Å². The van der Waals surface area contributed by atoms with Gasteiger partial charge in [-0.2, -0.15) is 5.10 Å². The van der Waals surface area contributed by atoms with Crippen LogP contribution in [0.4, 0.5) is 10.5 Å². The van der Waals surface area contributed by atoms with Crippen molar-refractivity contribution >= 4 is 11.8 Å². The van der Waals surface area contributed by atoms with E-state index in [4.69, 9.17) is 4.74 Å². The van der Waals surface area contributed by atoms with Gasteiger partial charge in [0.05, 0.1) is 17.6 Å². The summed E-state index contributed by atoms with van der Waals surface area (Å²) in [6, 6.07) is 8.40. The van der Waals surface area contributed by atoms with Crippen molar-refractivity contribution in [2.75, 3.05) is 31.1 Å². The van der Waals surface area contributed by atoms with Crippen molar-refractivity contribution in [3.05, 3.63) is 36.0 Å². The second kappa shape index (κ2) is 6.78. The quantitative estimate of drug-likeness (QED) is 0.908. The molecule has 134 valence electrons. The minimum absolute atomic E-state index is 0.238. The predicted octanol–water partition coefficient (Wildman–Crippen LogP) is 3.44. The molecule has 2 heterocycles. The van der Waals surface area contributed by atoms with Gasteiger partial charge in [-0.1, -0.05) is 29.8 Å². The summed E-state index contributed by atoms with van der Waals surface area (Å²) in [6.45, 7) is 10.6. The molecule has 0 spiro atoms. The van der Waals surface area contributed by atoms with Crippen LogP contribution >= 0.6 is 0 Å². The fraction of sp³-hybridized carbons (Fsp3) is 0.474. The number of anilines is 1. The van der Waals surface area contributed by atoms with E-state index >= 15 is 0 Å². The number of carbonyl (C=O) groups excluding carboxylic acids is 1. The number of nitrogens with zero attached hydrogens (tertiary/aromatic N) is 3. The lowest BCUT2D eigenvalue weighted by Crippen LogP contribution is -2.50. The van der Waals surface area contributed by atoms with Crippen molar-refractivity contribution in [3.63, 3.8) is 0 Å². The Labute approximate surface area is 148 Å². The van der Waals surface area contributed by atoms with Crippen LogP contribution in [0.1, 0.15) is 26.3 Å². The molecular weight excluding hydrogens is 316 g/mol. The van der Waals surface area contributed by atoms with Crippen LogP contribution < -0.4 is 4.90 Å². The van der Waals surface area contributed by atoms with Gasteiger partial charge in [-0.15, -0.1) is 0 Å². The molecule has 0 unspecified atom stereocenters. The first-order chi connectivity index (χ1) is 11.8. The van der Waals surface area contributed by atoms with Gasteiger partial charge in [-0.05, 0) is 27.7 Å². The van der Waals surface area contributed by atoms with Crippen LogP contribution in [-0.4, -0.2) is 53.0 Å². The number of rotatable bonds is 2. The maximum absolute atomic E-state index is 12.2. The maximum Gasteiger partial charge on any atom is 0.410 e.